The molecule has 1 aromatic heterocycles. The Balaban J connectivity index is 2.12. The van der Waals surface area contributed by atoms with Crippen molar-refractivity contribution in [1.29, 1.82) is 0 Å². The predicted molar refractivity (Wildman–Crippen MR) is 77.6 cm³/mol. The quantitative estimate of drug-likeness (QED) is 0.882. The lowest BCUT2D eigenvalue weighted by Crippen LogP contribution is -2.17. The van der Waals surface area contributed by atoms with E-state index in [2.05, 4.69) is 31.1 Å². The first-order valence-corrected chi connectivity index (χ1v) is 6.63. The SMILES string of the molecule is CCNC(C)c1ccnc(Oc2ccc(C)cc2)c1. The van der Waals surface area contributed by atoms with Crippen molar-refractivity contribution in [2.75, 3.05) is 6.54 Å². The molecule has 0 aliphatic rings. The van der Waals surface area contributed by atoms with Crippen LogP contribution in [0, 0.1) is 6.92 Å². The molecule has 0 saturated heterocycles. The van der Waals surface area contributed by atoms with E-state index in [0.717, 1.165) is 12.3 Å². The molecule has 1 heterocycles. The van der Waals surface area contributed by atoms with Crippen molar-refractivity contribution in [3.05, 3.63) is 53.7 Å². The number of benzene rings is 1. The lowest BCUT2D eigenvalue weighted by molar-refractivity contribution is 0.460. The van der Waals surface area contributed by atoms with Crippen LogP contribution in [0.2, 0.25) is 0 Å². The van der Waals surface area contributed by atoms with Crippen LogP contribution in [-0.4, -0.2) is 11.5 Å². The van der Waals surface area contributed by atoms with Gasteiger partial charge in [-0.1, -0.05) is 24.6 Å². The van der Waals surface area contributed by atoms with Crippen molar-refractivity contribution < 1.29 is 4.74 Å². The van der Waals surface area contributed by atoms with E-state index in [9.17, 15) is 0 Å². The molecule has 1 N–H and O–H groups in total. The van der Waals surface area contributed by atoms with Crippen LogP contribution in [0.15, 0.2) is 42.6 Å². The number of pyridine rings is 1. The van der Waals surface area contributed by atoms with Gasteiger partial charge >= 0.3 is 0 Å². The molecule has 100 valence electrons. The first kappa shape index (κ1) is 13.6. The molecule has 2 aromatic rings. The number of nitrogens with one attached hydrogen (secondary N) is 1. The molecule has 0 aliphatic heterocycles. The molecular weight excluding hydrogens is 236 g/mol. The van der Waals surface area contributed by atoms with E-state index in [1.807, 2.05) is 36.4 Å². The maximum atomic E-state index is 5.76. The third kappa shape index (κ3) is 3.80. The van der Waals surface area contributed by atoms with Gasteiger partial charge in [0.15, 0.2) is 0 Å². The fraction of sp³-hybridized carbons (Fsp3) is 0.312. The summed E-state index contributed by atoms with van der Waals surface area (Å²) in [6.45, 7) is 7.23. The molecule has 3 heteroatoms. The Morgan fingerprint density at radius 3 is 2.63 bits per heavy atom. The highest BCUT2D eigenvalue weighted by atomic mass is 16.5. The third-order valence-electron chi connectivity index (χ3n) is 3.01. The Kier molecular flexibility index (Phi) is 4.53. The lowest BCUT2D eigenvalue weighted by Gasteiger charge is -2.13. The van der Waals surface area contributed by atoms with Gasteiger partial charge < -0.3 is 10.1 Å². The minimum absolute atomic E-state index is 0.299. The van der Waals surface area contributed by atoms with Crippen LogP contribution < -0.4 is 10.1 Å². The van der Waals surface area contributed by atoms with E-state index < -0.39 is 0 Å². The smallest absolute Gasteiger partial charge is 0.219 e. The van der Waals surface area contributed by atoms with Crippen molar-refractivity contribution in [2.24, 2.45) is 0 Å². The predicted octanol–water partition coefficient (Wildman–Crippen LogP) is 3.85. The minimum atomic E-state index is 0.299. The molecule has 1 unspecified atom stereocenters. The maximum Gasteiger partial charge on any atom is 0.219 e. The van der Waals surface area contributed by atoms with E-state index in [-0.39, 0.29) is 0 Å². The largest absolute Gasteiger partial charge is 0.439 e. The lowest BCUT2D eigenvalue weighted by atomic mass is 10.1. The fourth-order valence-electron chi connectivity index (χ4n) is 1.90. The summed E-state index contributed by atoms with van der Waals surface area (Å²) in [6, 6.07) is 12.3. The molecule has 0 radical (unpaired) electrons. The van der Waals surface area contributed by atoms with Crippen molar-refractivity contribution in [2.45, 2.75) is 26.8 Å². The molecule has 1 atom stereocenters. The highest BCUT2D eigenvalue weighted by molar-refractivity contribution is 5.31. The summed E-state index contributed by atoms with van der Waals surface area (Å²) in [5.74, 6) is 1.44. The summed E-state index contributed by atoms with van der Waals surface area (Å²) < 4.78 is 5.76. The Labute approximate surface area is 114 Å². The van der Waals surface area contributed by atoms with Gasteiger partial charge in [0.05, 0.1) is 0 Å². The molecular formula is C16H20N2O. The van der Waals surface area contributed by atoms with Crippen LogP contribution >= 0.6 is 0 Å². The zero-order valence-corrected chi connectivity index (χ0v) is 11.7. The van der Waals surface area contributed by atoms with E-state index in [1.165, 1.54) is 11.1 Å². The summed E-state index contributed by atoms with van der Waals surface area (Å²) in [7, 11) is 0. The summed E-state index contributed by atoms with van der Waals surface area (Å²) in [6.07, 6.45) is 1.78. The normalized spacial score (nSPS) is 12.2. The van der Waals surface area contributed by atoms with Gasteiger partial charge in [-0.3, -0.25) is 0 Å². The Bertz CT molecular complexity index is 523. The summed E-state index contributed by atoms with van der Waals surface area (Å²) in [4.78, 5) is 4.25. The van der Waals surface area contributed by atoms with E-state index in [0.29, 0.717) is 11.9 Å². The molecule has 0 amide bonds. The average Bonchev–Trinajstić information content (AvgIpc) is 2.42. The average molecular weight is 256 g/mol. The zero-order valence-electron chi connectivity index (χ0n) is 11.7. The minimum Gasteiger partial charge on any atom is -0.439 e. The van der Waals surface area contributed by atoms with Crippen molar-refractivity contribution in [3.8, 4) is 11.6 Å². The van der Waals surface area contributed by atoms with Crippen molar-refractivity contribution >= 4 is 0 Å². The van der Waals surface area contributed by atoms with E-state index in [1.54, 1.807) is 6.20 Å². The number of ether oxygens (including phenoxy) is 1. The van der Waals surface area contributed by atoms with Crippen molar-refractivity contribution in [3.63, 3.8) is 0 Å². The van der Waals surface area contributed by atoms with E-state index >= 15 is 0 Å². The molecule has 3 nitrogen and oxygen atoms in total. The molecule has 19 heavy (non-hydrogen) atoms. The standard InChI is InChI=1S/C16H20N2O/c1-4-17-13(3)14-9-10-18-16(11-14)19-15-7-5-12(2)6-8-15/h5-11,13,17H,4H2,1-3H3. The van der Waals surface area contributed by atoms with Crippen LogP contribution in [-0.2, 0) is 0 Å². The van der Waals surface area contributed by atoms with Gasteiger partial charge in [0, 0.05) is 18.3 Å². The van der Waals surface area contributed by atoms with Crippen LogP contribution in [0.4, 0.5) is 0 Å². The number of rotatable bonds is 5. The second-order valence-electron chi connectivity index (χ2n) is 4.62. The van der Waals surface area contributed by atoms with Gasteiger partial charge in [0.2, 0.25) is 5.88 Å². The Morgan fingerprint density at radius 1 is 1.21 bits per heavy atom. The molecule has 0 spiro atoms. The van der Waals surface area contributed by atoms with Crippen LogP contribution in [0.5, 0.6) is 11.6 Å². The van der Waals surface area contributed by atoms with Gasteiger partial charge in [0.25, 0.3) is 0 Å². The number of aromatic nitrogens is 1. The molecule has 0 aliphatic carbocycles. The Hall–Kier alpha value is -1.87. The Morgan fingerprint density at radius 2 is 1.95 bits per heavy atom. The summed E-state index contributed by atoms with van der Waals surface area (Å²) in [5, 5.41) is 3.38. The molecule has 1 aromatic carbocycles. The van der Waals surface area contributed by atoms with Crippen LogP contribution in [0.1, 0.15) is 31.0 Å². The number of hydrogen-bond acceptors (Lipinski definition) is 3. The second kappa shape index (κ2) is 6.34. The number of aryl methyl sites for hydroxylation is 1. The highest BCUT2D eigenvalue weighted by Crippen LogP contribution is 2.22. The van der Waals surface area contributed by atoms with Gasteiger partial charge in [0.1, 0.15) is 5.75 Å². The van der Waals surface area contributed by atoms with Crippen LogP contribution in [0.25, 0.3) is 0 Å². The van der Waals surface area contributed by atoms with Gasteiger partial charge in [-0.05, 0) is 44.2 Å². The zero-order chi connectivity index (χ0) is 13.7. The van der Waals surface area contributed by atoms with Gasteiger partial charge in [-0.2, -0.15) is 0 Å². The maximum absolute atomic E-state index is 5.76. The molecule has 0 fully saturated rings. The first-order chi connectivity index (χ1) is 9.19. The number of nitrogens with zero attached hydrogens (tertiary/aromatic N) is 1. The number of hydrogen-bond donors (Lipinski definition) is 1. The van der Waals surface area contributed by atoms with Crippen molar-refractivity contribution in [1.82, 2.24) is 10.3 Å². The molecule has 2 rings (SSSR count). The van der Waals surface area contributed by atoms with Gasteiger partial charge in [-0.25, -0.2) is 4.98 Å². The third-order valence-corrected chi connectivity index (χ3v) is 3.01. The van der Waals surface area contributed by atoms with Gasteiger partial charge in [-0.15, -0.1) is 0 Å². The molecule has 0 bridgehead atoms. The topological polar surface area (TPSA) is 34.2 Å². The fourth-order valence-corrected chi connectivity index (χ4v) is 1.90. The highest BCUT2D eigenvalue weighted by Gasteiger charge is 2.06. The monoisotopic (exact) mass is 256 g/mol. The first-order valence-electron chi connectivity index (χ1n) is 6.63. The summed E-state index contributed by atoms with van der Waals surface area (Å²) in [5.41, 5.74) is 2.40. The summed E-state index contributed by atoms with van der Waals surface area (Å²) >= 11 is 0. The second-order valence-corrected chi connectivity index (χ2v) is 4.62. The van der Waals surface area contributed by atoms with Crippen LogP contribution in [0.3, 0.4) is 0 Å². The molecule has 0 saturated carbocycles. The van der Waals surface area contributed by atoms with E-state index in [4.69, 9.17) is 4.74 Å².